The Labute approximate surface area is 113 Å². The van der Waals surface area contributed by atoms with Crippen LogP contribution >= 0.6 is 11.6 Å². The summed E-state index contributed by atoms with van der Waals surface area (Å²) < 4.78 is 5.47. The van der Waals surface area contributed by atoms with Gasteiger partial charge in [-0.15, -0.1) is 0 Å². The summed E-state index contributed by atoms with van der Waals surface area (Å²) in [5.41, 5.74) is 0.369. The standard InChI is InChI=1S/C13H8ClNO4/c14-13(16)9-1-5-11(6-2-9)19-12-7-3-10(4-8-12)15(17)18/h1-8H. The van der Waals surface area contributed by atoms with Gasteiger partial charge in [-0.3, -0.25) is 14.9 Å². The van der Waals surface area contributed by atoms with E-state index in [1.165, 1.54) is 36.4 Å². The minimum absolute atomic E-state index is 0.00423. The molecule has 0 bridgehead atoms. The van der Waals surface area contributed by atoms with Crippen molar-refractivity contribution in [1.82, 2.24) is 0 Å². The molecule has 0 aliphatic carbocycles. The van der Waals surface area contributed by atoms with Crippen LogP contribution in [0.2, 0.25) is 0 Å². The molecule has 5 nitrogen and oxygen atoms in total. The van der Waals surface area contributed by atoms with Gasteiger partial charge in [0.25, 0.3) is 10.9 Å². The molecule has 2 rings (SSSR count). The van der Waals surface area contributed by atoms with Gasteiger partial charge >= 0.3 is 0 Å². The number of nitrogens with zero attached hydrogens (tertiary/aromatic N) is 1. The predicted molar refractivity (Wildman–Crippen MR) is 69.8 cm³/mol. The van der Waals surface area contributed by atoms with Gasteiger partial charge in [-0.1, -0.05) is 0 Å². The fourth-order valence-corrected chi connectivity index (χ4v) is 1.55. The normalized spacial score (nSPS) is 9.95. The van der Waals surface area contributed by atoms with Gasteiger partial charge < -0.3 is 4.74 Å². The lowest BCUT2D eigenvalue weighted by molar-refractivity contribution is -0.384. The molecule has 96 valence electrons. The largest absolute Gasteiger partial charge is 0.457 e. The average Bonchev–Trinajstić information content (AvgIpc) is 2.40. The van der Waals surface area contributed by atoms with Crippen molar-refractivity contribution in [3.63, 3.8) is 0 Å². The molecule has 0 aromatic heterocycles. The molecule has 0 radical (unpaired) electrons. The summed E-state index contributed by atoms with van der Waals surface area (Å²) in [4.78, 5) is 20.9. The van der Waals surface area contributed by atoms with Crippen LogP contribution in [0.1, 0.15) is 10.4 Å². The van der Waals surface area contributed by atoms with E-state index in [9.17, 15) is 14.9 Å². The van der Waals surface area contributed by atoms with Gasteiger partial charge in [0.15, 0.2) is 0 Å². The number of non-ortho nitro benzene ring substituents is 1. The zero-order chi connectivity index (χ0) is 13.8. The Kier molecular flexibility index (Phi) is 3.77. The fourth-order valence-electron chi connectivity index (χ4n) is 1.43. The van der Waals surface area contributed by atoms with E-state index in [-0.39, 0.29) is 5.69 Å². The predicted octanol–water partition coefficient (Wildman–Crippen LogP) is 3.77. The average molecular weight is 278 g/mol. The molecule has 19 heavy (non-hydrogen) atoms. The lowest BCUT2D eigenvalue weighted by atomic mass is 10.2. The van der Waals surface area contributed by atoms with Crippen LogP contribution in [0.3, 0.4) is 0 Å². The third-order valence-corrected chi connectivity index (χ3v) is 2.58. The van der Waals surface area contributed by atoms with Gasteiger partial charge in [0.05, 0.1) is 4.92 Å². The number of carbonyl (C=O) groups is 1. The molecule has 0 atom stereocenters. The summed E-state index contributed by atoms with van der Waals surface area (Å²) >= 11 is 5.32. The van der Waals surface area contributed by atoms with Crippen LogP contribution in [0.25, 0.3) is 0 Å². The van der Waals surface area contributed by atoms with Crippen molar-refractivity contribution >= 4 is 22.5 Å². The summed E-state index contributed by atoms with van der Waals surface area (Å²) in [6.07, 6.45) is 0. The molecule has 0 N–H and O–H groups in total. The lowest BCUT2D eigenvalue weighted by Crippen LogP contribution is -1.90. The van der Waals surface area contributed by atoms with Gasteiger partial charge in [-0.25, -0.2) is 0 Å². The molecular formula is C13H8ClNO4. The van der Waals surface area contributed by atoms with E-state index in [0.717, 1.165) is 0 Å². The summed E-state index contributed by atoms with van der Waals surface area (Å²) in [6, 6.07) is 12.0. The number of hydrogen-bond acceptors (Lipinski definition) is 4. The topological polar surface area (TPSA) is 69.4 Å². The van der Waals surface area contributed by atoms with E-state index in [4.69, 9.17) is 16.3 Å². The molecule has 2 aromatic carbocycles. The Morgan fingerprint density at radius 2 is 1.47 bits per heavy atom. The van der Waals surface area contributed by atoms with Crippen molar-refractivity contribution in [1.29, 1.82) is 0 Å². The van der Waals surface area contributed by atoms with Crippen molar-refractivity contribution in [3.05, 3.63) is 64.2 Å². The van der Waals surface area contributed by atoms with Gasteiger partial charge in [-0.05, 0) is 48.0 Å². The number of nitro groups is 1. The first kappa shape index (κ1) is 13.0. The highest BCUT2D eigenvalue weighted by molar-refractivity contribution is 6.67. The second kappa shape index (κ2) is 5.49. The minimum atomic E-state index is -0.540. The maximum absolute atomic E-state index is 10.9. The summed E-state index contributed by atoms with van der Waals surface area (Å²) in [7, 11) is 0. The van der Waals surface area contributed by atoms with Crippen molar-refractivity contribution in [3.8, 4) is 11.5 Å². The van der Waals surface area contributed by atoms with Crippen molar-refractivity contribution < 1.29 is 14.5 Å². The van der Waals surface area contributed by atoms with E-state index in [1.54, 1.807) is 12.1 Å². The van der Waals surface area contributed by atoms with Crippen molar-refractivity contribution in [2.45, 2.75) is 0 Å². The second-order valence-corrected chi connectivity index (χ2v) is 3.99. The zero-order valence-electron chi connectivity index (χ0n) is 9.58. The smallest absolute Gasteiger partial charge is 0.269 e. The maximum atomic E-state index is 10.9. The SMILES string of the molecule is O=C(Cl)c1ccc(Oc2ccc([N+](=O)[O-])cc2)cc1. The Morgan fingerprint density at radius 1 is 1.00 bits per heavy atom. The molecule has 0 fully saturated rings. The maximum Gasteiger partial charge on any atom is 0.269 e. The van der Waals surface area contributed by atoms with E-state index in [1.807, 2.05) is 0 Å². The van der Waals surface area contributed by atoms with Gasteiger partial charge in [0.1, 0.15) is 11.5 Å². The number of carbonyl (C=O) groups excluding carboxylic acids is 1. The summed E-state index contributed by atoms with van der Waals surface area (Å²) in [5.74, 6) is 0.978. The third-order valence-electron chi connectivity index (χ3n) is 2.36. The number of halogens is 1. The van der Waals surface area contributed by atoms with Crippen LogP contribution in [-0.2, 0) is 0 Å². The summed E-state index contributed by atoms with van der Waals surface area (Å²) in [5, 5.41) is 9.95. The van der Waals surface area contributed by atoms with E-state index in [2.05, 4.69) is 0 Å². The van der Waals surface area contributed by atoms with Crippen LogP contribution in [0, 0.1) is 10.1 Å². The van der Waals surface area contributed by atoms with Crippen LogP contribution in [0.15, 0.2) is 48.5 Å². The first-order chi connectivity index (χ1) is 9.06. The Bertz CT molecular complexity index is 552. The molecule has 0 spiro atoms. The highest BCUT2D eigenvalue weighted by atomic mass is 35.5. The Balaban J connectivity index is 2.12. The number of hydrogen-bond donors (Lipinski definition) is 0. The molecule has 0 saturated carbocycles. The fraction of sp³-hybridized carbons (Fsp3) is 0. The van der Waals surface area contributed by atoms with Crippen molar-refractivity contribution in [2.24, 2.45) is 0 Å². The number of nitro benzene ring substituents is 1. The number of benzene rings is 2. The Hall–Kier alpha value is -2.40. The van der Waals surface area contributed by atoms with Gasteiger partial charge in [0, 0.05) is 17.7 Å². The van der Waals surface area contributed by atoms with Gasteiger partial charge in [0.2, 0.25) is 0 Å². The molecule has 0 amide bonds. The van der Waals surface area contributed by atoms with Crippen molar-refractivity contribution in [2.75, 3.05) is 0 Å². The monoisotopic (exact) mass is 277 g/mol. The number of rotatable bonds is 4. The molecule has 6 heteroatoms. The van der Waals surface area contributed by atoms with Crippen LogP contribution < -0.4 is 4.74 Å². The molecule has 2 aromatic rings. The van der Waals surface area contributed by atoms with E-state index in [0.29, 0.717) is 17.1 Å². The lowest BCUT2D eigenvalue weighted by Gasteiger charge is -2.05. The second-order valence-electron chi connectivity index (χ2n) is 3.65. The highest BCUT2D eigenvalue weighted by Gasteiger charge is 2.06. The summed E-state index contributed by atoms with van der Waals surface area (Å²) in [6.45, 7) is 0. The third kappa shape index (κ3) is 3.29. The minimum Gasteiger partial charge on any atom is -0.457 e. The van der Waals surface area contributed by atoms with Gasteiger partial charge in [-0.2, -0.15) is 0 Å². The van der Waals surface area contributed by atoms with Crippen LogP contribution in [0.4, 0.5) is 5.69 Å². The number of ether oxygens (including phenoxy) is 1. The molecule has 0 unspecified atom stereocenters. The molecule has 0 heterocycles. The molecule has 0 saturated heterocycles. The Morgan fingerprint density at radius 3 is 1.89 bits per heavy atom. The van der Waals surface area contributed by atoms with E-state index >= 15 is 0 Å². The van der Waals surface area contributed by atoms with E-state index < -0.39 is 10.2 Å². The first-order valence-corrected chi connectivity index (χ1v) is 5.66. The molecular weight excluding hydrogens is 270 g/mol. The molecule has 0 aliphatic rings. The highest BCUT2D eigenvalue weighted by Crippen LogP contribution is 2.24. The quantitative estimate of drug-likeness (QED) is 0.484. The molecule has 0 aliphatic heterocycles. The first-order valence-electron chi connectivity index (χ1n) is 5.28. The van der Waals surface area contributed by atoms with Crippen LogP contribution in [-0.4, -0.2) is 10.2 Å². The zero-order valence-corrected chi connectivity index (χ0v) is 10.3. The van der Waals surface area contributed by atoms with Crippen LogP contribution in [0.5, 0.6) is 11.5 Å².